The highest BCUT2D eigenvalue weighted by Gasteiger charge is 2.16. The highest BCUT2D eigenvalue weighted by molar-refractivity contribution is 7.99. The first-order chi connectivity index (χ1) is 15.2. The first-order valence-electron chi connectivity index (χ1n) is 9.85. The lowest BCUT2D eigenvalue weighted by molar-refractivity contribution is 0.585. The normalized spacial score (nSPS) is 14.0. The third kappa shape index (κ3) is 3.83. The zero-order valence-corrected chi connectivity index (χ0v) is 17.3. The summed E-state index contributed by atoms with van der Waals surface area (Å²) in [6.45, 7) is 3.76. The van der Waals surface area contributed by atoms with Gasteiger partial charge in [-0.2, -0.15) is 10.4 Å². The number of hydrogen-bond donors (Lipinski definition) is 1. The van der Waals surface area contributed by atoms with Gasteiger partial charge in [0.2, 0.25) is 0 Å². The van der Waals surface area contributed by atoms with E-state index in [1.165, 1.54) is 24.0 Å². The van der Waals surface area contributed by atoms with Gasteiger partial charge in [0.05, 0.1) is 17.3 Å². The number of halogens is 1. The van der Waals surface area contributed by atoms with Gasteiger partial charge in [-0.15, -0.1) is 0 Å². The second kappa shape index (κ2) is 8.34. The molecule has 0 amide bonds. The second-order valence-electron chi connectivity index (χ2n) is 7.09. The molecule has 1 fully saturated rings. The number of fused-ring (bicyclic) bond motifs is 1. The molecule has 0 saturated carbocycles. The molecule has 4 aromatic rings. The van der Waals surface area contributed by atoms with E-state index >= 15 is 0 Å². The smallest absolute Gasteiger partial charge is 0.155 e. The quantitative estimate of drug-likeness (QED) is 0.531. The van der Waals surface area contributed by atoms with E-state index in [0.717, 1.165) is 43.1 Å². The van der Waals surface area contributed by atoms with Crippen LogP contribution in [0.2, 0.25) is 0 Å². The molecule has 31 heavy (non-hydrogen) atoms. The first-order valence-corrected chi connectivity index (χ1v) is 10.7. The number of aromatic nitrogens is 4. The number of rotatable bonds is 4. The van der Waals surface area contributed by atoms with Gasteiger partial charge in [0, 0.05) is 60.8 Å². The van der Waals surface area contributed by atoms with E-state index in [4.69, 9.17) is 0 Å². The van der Waals surface area contributed by atoms with Crippen LogP contribution in [0.5, 0.6) is 0 Å². The fourth-order valence-electron chi connectivity index (χ4n) is 3.59. The summed E-state index contributed by atoms with van der Waals surface area (Å²) in [6.07, 6.45) is 6.76. The largest absolute Gasteiger partial charge is 0.354 e. The Kier molecular flexibility index (Phi) is 5.24. The lowest BCUT2D eigenvalue weighted by Gasteiger charge is -2.28. The van der Waals surface area contributed by atoms with E-state index in [1.807, 2.05) is 30.6 Å². The summed E-state index contributed by atoms with van der Waals surface area (Å²) in [5.74, 6) is 0.540. The Morgan fingerprint density at radius 3 is 2.71 bits per heavy atom. The van der Waals surface area contributed by atoms with Gasteiger partial charge in [-0.1, -0.05) is 11.8 Å². The summed E-state index contributed by atoms with van der Waals surface area (Å²) in [7, 11) is 0. The van der Waals surface area contributed by atoms with Crippen molar-refractivity contribution in [2.75, 3.05) is 31.1 Å². The Labute approximate surface area is 182 Å². The monoisotopic (exact) mass is 431 g/mol. The van der Waals surface area contributed by atoms with Crippen LogP contribution in [0.4, 0.5) is 10.2 Å². The van der Waals surface area contributed by atoms with Crippen molar-refractivity contribution in [1.29, 1.82) is 5.26 Å². The predicted octanol–water partition coefficient (Wildman–Crippen LogP) is 3.36. The van der Waals surface area contributed by atoms with Crippen LogP contribution in [0, 0.1) is 17.1 Å². The van der Waals surface area contributed by atoms with E-state index < -0.39 is 5.82 Å². The van der Waals surface area contributed by atoms with Gasteiger partial charge in [-0.05, 0) is 30.3 Å². The Morgan fingerprint density at radius 2 is 1.97 bits per heavy atom. The van der Waals surface area contributed by atoms with Crippen molar-refractivity contribution in [2.24, 2.45) is 0 Å². The van der Waals surface area contributed by atoms with Crippen LogP contribution in [0.1, 0.15) is 5.56 Å². The van der Waals surface area contributed by atoms with Crippen molar-refractivity contribution in [3.63, 3.8) is 0 Å². The SMILES string of the molecule is N#Cc1cnn2cc(-c3ccc(N4CCNCC4)nc3)cc(Sc3ncccc3F)c12. The predicted molar refractivity (Wildman–Crippen MR) is 117 cm³/mol. The number of hydrogen-bond acceptors (Lipinski definition) is 7. The number of nitrogens with one attached hydrogen (secondary N) is 1. The minimum absolute atomic E-state index is 0.249. The van der Waals surface area contributed by atoms with Crippen LogP contribution < -0.4 is 10.2 Å². The molecule has 1 saturated heterocycles. The summed E-state index contributed by atoms with van der Waals surface area (Å²) in [5, 5.41) is 17.4. The number of nitrogens with zero attached hydrogens (tertiary/aromatic N) is 6. The average molecular weight is 432 g/mol. The van der Waals surface area contributed by atoms with E-state index in [1.54, 1.807) is 16.8 Å². The standard InChI is InChI=1S/C22H18FN7S/c23-18-2-1-5-26-22(18)31-19-10-16(14-30-21(19)17(11-24)13-28-30)15-3-4-20(27-12-15)29-8-6-25-7-9-29/h1-5,10,12-14,25H,6-9H2. The van der Waals surface area contributed by atoms with Crippen LogP contribution in [-0.4, -0.2) is 45.8 Å². The maximum atomic E-state index is 14.2. The molecule has 1 N–H and O–H groups in total. The number of pyridine rings is 3. The average Bonchev–Trinajstić information content (AvgIpc) is 3.25. The molecule has 7 nitrogen and oxygen atoms in total. The Morgan fingerprint density at radius 1 is 1.10 bits per heavy atom. The topological polar surface area (TPSA) is 82.1 Å². The minimum Gasteiger partial charge on any atom is -0.354 e. The molecule has 154 valence electrons. The summed E-state index contributed by atoms with van der Waals surface area (Å²) in [4.78, 5) is 11.7. The lowest BCUT2D eigenvalue weighted by atomic mass is 10.1. The maximum Gasteiger partial charge on any atom is 0.155 e. The van der Waals surface area contributed by atoms with Crippen LogP contribution in [0.15, 0.2) is 65.0 Å². The molecule has 0 aromatic carbocycles. The summed E-state index contributed by atoms with van der Waals surface area (Å²) in [6, 6.07) is 11.1. The van der Waals surface area contributed by atoms with Gasteiger partial charge in [-0.3, -0.25) is 0 Å². The third-order valence-corrected chi connectivity index (χ3v) is 6.18. The summed E-state index contributed by atoms with van der Waals surface area (Å²) in [5.41, 5.74) is 2.85. The molecule has 0 unspecified atom stereocenters. The molecule has 5 rings (SSSR count). The van der Waals surface area contributed by atoms with Gasteiger partial charge in [0.15, 0.2) is 5.82 Å². The van der Waals surface area contributed by atoms with Crippen LogP contribution in [-0.2, 0) is 0 Å². The molecule has 0 radical (unpaired) electrons. The van der Waals surface area contributed by atoms with Crippen LogP contribution in [0.3, 0.4) is 0 Å². The molecule has 0 bridgehead atoms. The summed E-state index contributed by atoms with van der Waals surface area (Å²) < 4.78 is 15.9. The van der Waals surface area contributed by atoms with Gasteiger partial charge in [-0.25, -0.2) is 18.9 Å². The van der Waals surface area contributed by atoms with Gasteiger partial charge in [0.25, 0.3) is 0 Å². The Hall–Kier alpha value is -3.48. The van der Waals surface area contributed by atoms with Gasteiger partial charge >= 0.3 is 0 Å². The second-order valence-corrected chi connectivity index (χ2v) is 8.12. The molecular formula is C22H18FN7S. The fraction of sp³-hybridized carbons (Fsp3) is 0.182. The Balaban J connectivity index is 1.55. The van der Waals surface area contributed by atoms with Crippen molar-refractivity contribution in [2.45, 2.75) is 9.92 Å². The van der Waals surface area contributed by atoms with Gasteiger partial charge < -0.3 is 10.2 Å². The molecule has 5 heterocycles. The molecule has 9 heteroatoms. The minimum atomic E-state index is -0.406. The van der Waals surface area contributed by atoms with Crippen molar-refractivity contribution < 1.29 is 4.39 Å². The van der Waals surface area contributed by atoms with E-state index in [-0.39, 0.29) is 5.03 Å². The summed E-state index contributed by atoms with van der Waals surface area (Å²) >= 11 is 1.18. The molecule has 1 aliphatic rings. The number of nitriles is 1. The third-order valence-electron chi connectivity index (χ3n) is 5.15. The molecule has 0 aliphatic carbocycles. The zero-order chi connectivity index (χ0) is 21.2. The maximum absolute atomic E-state index is 14.2. The number of anilines is 1. The first kappa shape index (κ1) is 19.5. The lowest BCUT2D eigenvalue weighted by Crippen LogP contribution is -2.43. The number of piperazine rings is 1. The van der Waals surface area contributed by atoms with Crippen LogP contribution >= 0.6 is 11.8 Å². The van der Waals surface area contributed by atoms with E-state index in [0.29, 0.717) is 16.0 Å². The zero-order valence-electron chi connectivity index (χ0n) is 16.5. The van der Waals surface area contributed by atoms with Crippen molar-refractivity contribution in [3.05, 3.63) is 66.5 Å². The van der Waals surface area contributed by atoms with Crippen molar-refractivity contribution in [1.82, 2.24) is 24.9 Å². The highest BCUT2D eigenvalue weighted by atomic mass is 32.2. The fourth-order valence-corrected chi connectivity index (χ4v) is 4.56. The van der Waals surface area contributed by atoms with Crippen molar-refractivity contribution in [3.8, 4) is 17.2 Å². The molecule has 0 spiro atoms. The van der Waals surface area contributed by atoms with E-state index in [9.17, 15) is 9.65 Å². The van der Waals surface area contributed by atoms with Crippen molar-refractivity contribution >= 4 is 23.1 Å². The van der Waals surface area contributed by atoms with Crippen LogP contribution in [0.25, 0.3) is 16.6 Å². The molecule has 0 atom stereocenters. The highest BCUT2D eigenvalue weighted by Crippen LogP contribution is 2.35. The molecular weight excluding hydrogens is 413 g/mol. The molecule has 4 aromatic heterocycles. The van der Waals surface area contributed by atoms with Gasteiger partial charge in [0.1, 0.15) is 16.9 Å². The molecule has 1 aliphatic heterocycles. The Bertz CT molecular complexity index is 1270. The van der Waals surface area contributed by atoms with E-state index in [2.05, 4.69) is 31.4 Å².